The van der Waals surface area contributed by atoms with Gasteiger partial charge in [0.05, 0.1) is 18.2 Å². The number of fused-ring (bicyclic) bond motifs is 1. The van der Waals surface area contributed by atoms with Crippen LogP contribution in [0, 0.1) is 0 Å². The number of hydrogen-bond donors (Lipinski definition) is 0. The highest BCUT2D eigenvalue weighted by Crippen LogP contribution is 2.33. The van der Waals surface area contributed by atoms with Gasteiger partial charge in [0, 0.05) is 25.2 Å². The molecule has 3 heterocycles. The third kappa shape index (κ3) is 2.81. The number of pyridine rings is 1. The quantitative estimate of drug-likeness (QED) is 0.851. The van der Waals surface area contributed by atoms with Crippen LogP contribution in [0.25, 0.3) is 5.52 Å². The van der Waals surface area contributed by atoms with Crippen LogP contribution in [0.2, 0.25) is 0 Å². The van der Waals surface area contributed by atoms with E-state index in [-0.39, 0.29) is 12.0 Å². The largest absolute Gasteiger partial charge is 0.375 e. The Labute approximate surface area is 142 Å². The molecule has 2 aromatic heterocycles. The molecule has 5 nitrogen and oxygen atoms in total. The molecule has 2 aliphatic rings. The van der Waals surface area contributed by atoms with Crippen molar-refractivity contribution in [1.29, 1.82) is 0 Å². The van der Waals surface area contributed by atoms with Gasteiger partial charge in [0.25, 0.3) is 5.91 Å². The lowest BCUT2D eigenvalue weighted by atomic mass is 9.89. The fourth-order valence-corrected chi connectivity index (χ4v) is 4.02. The third-order valence-electron chi connectivity index (χ3n) is 5.28. The van der Waals surface area contributed by atoms with Gasteiger partial charge in [-0.3, -0.25) is 4.79 Å². The number of carbonyl (C=O) groups is 1. The number of imidazole rings is 1. The Morgan fingerprint density at radius 1 is 1.25 bits per heavy atom. The van der Waals surface area contributed by atoms with Gasteiger partial charge in [0.2, 0.25) is 0 Å². The lowest BCUT2D eigenvalue weighted by Gasteiger charge is -2.30. The summed E-state index contributed by atoms with van der Waals surface area (Å²) >= 11 is 0. The van der Waals surface area contributed by atoms with E-state index in [1.165, 1.54) is 32.1 Å². The third-order valence-corrected chi connectivity index (χ3v) is 5.28. The van der Waals surface area contributed by atoms with Crippen molar-refractivity contribution in [2.45, 2.75) is 51.0 Å². The summed E-state index contributed by atoms with van der Waals surface area (Å²) in [6.45, 7) is 3.91. The Morgan fingerprint density at radius 3 is 2.88 bits per heavy atom. The second-order valence-corrected chi connectivity index (χ2v) is 7.04. The van der Waals surface area contributed by atoms with Crippen LogP contribution in [-0.2, 0) is 4.74 Å². The molecule has 2 aromatic rings. The van der Waals surface area contributed by atoms with Crippen LogP contribution in [0.4, 0.5) is 0 Å². The maximum absolute atomic E-state index is 13.0. The van der Waals surface area contributed by atoms with E-state index in [0.29, 0.717) is 31.3 Å². The number of amides is 1. The molecule has 0 spiro atoms. The highest BCUT2D eigenvalue weighted by atomic mass is 16.5. The molecule has 0 bridgehead atoms. The van der Waals surface area contributed by atoms with Gasteiger partial charge in [-0.1, -0.05) is 25.3 Å². The predicted octanol–water partition coefficient (Wildman–Crippen LogP) is 3.24. The summed E-state index contributed by atoms with van der Waals surface area (Å²) in [4.78, 5) is 19.8. The zero-order chi connectivity index (χ0) is 16.5. The van der Waals surface area contributed by atoms with Crippen molar-refractivity contribution in [3.63, 3.8) is 0 Å². The van der Waals surface area contributed by atoms with E-state index in [9.17, 15) is 4.79 Å². The van der Waals surface area contributed by atoms with E-state index in [1.807, 2.05) is 36.2 Å². The molecule has 1 aliphatic carbocycles. The van der Waals surface area contributed by atoms with Crippen LogP contribution >= 0.6 is 0 Å². The highest BCUT2D eigenvalue weighted by molar-refractivity contribution is 5.99. The van der Waals surface area contributed by atoms with Crippen molar-refractivity contribution in [2.24, 2.45) is 0 Å². The van der Waals surface area contributed by atoms with Gasteiger partial charge >= 0.3 is 0 Å². The van der Waals surface area contributed by atoms with E-state index in [1.54, 1.807) is 0 Å². The molecule has 1 amide bonds. The van der Waals surface area contributed by atoms with E-state index in [4.69, 9.17) is 9.72 Å². The van der Waals surface area contributed by atoms with Gasteiger partial charge in [-0.15, -0.1) is 0 Å². The smallest absolute Gasteiger partial charge is 0.274 e. The molecule has 2 fully saturated rings. The molecule has 1 aliphatic heterocycles. The Morgan fingerprint density at radius 2 is 2.08 bits per heavy atom. The van der Waals surface area contributed by atoms with Crippen molar-refractivity contribution in [2.75, 3.05) is 19.7 Å². The number of hydrogen-bond acceptors (Lipinski definition) is 3. The van der Waals surface area contributed by atoms with E-state index < -0.39 is 0 Å². The van der Waals surface area contributed by atoms with E-state index in [0.717, 1.165) is 11.3 Å². The Bertz CT molecular complexity index is 733. The number of morpholine rings is 1. The van der Waals surface area contributed by atoms with Crippen molar-refractivity contribution in [3.05, 3.63) is 35.9 Å². The Kier molecular flexibility index (Phi) is 4.27. The first-order valence-corrected chi connectivity index (χ1v) is 9.12. The highest BCUT2D eigenvalue weighted by Gasteiger charge is 2.28. The summed E-state index contributed by atoms with van der Waals surface area (Å²) in [5.41, 5.74) is 1.53. The SMILES string of the molecule is CC1CN(C(=O)c2nc(C3CCCCC3)n3ccccc23)CCO1. The van der Waals surface area contributed by atoms with Crippen LogP contribution in [0.15, 0.2) is 24.4 Å². The van der Waals surface area contributed by atoms with Crippen molar-refractivity contribution >= 4 is 11.4 Å². The van der Waals surface area contributed by atoms with Gasteiger partial charge in [-0.25, -0.2) is 4.98 Å². The zero-order valence-corrected chi connectivity index (χ0v) is 14.3. The van der Waals surface area contributed by atoms with Crippen LogP contribution in [-0.4, -0.2) is 46.0 Å². The zero-order valence-electron chi connectivity index (χ0n) is 14.3. The molecule has 0 aromatic carbocycles. The van der Waals surface area contributed by atoms with Gasteiger partial charge in [-0.2, -0.15) is 0 Å². The summed E-state index contributed by atoms with van der Waals surface area (Å²) in [6.07, 6.45) is 8.33. The fourth-order valence-electron chi connectivity index (χ4n) is 4.02. The standard InChI is InChI=1S/C19H25N3O2/c1-14-13-21(11-12-24-14)19(23)17-16-9-5-6-10-22(16)18(20-17)15-7-3-2-4-8-15/h5-6,9-10,14-15H,2-4,7-8,11-13H2,1H3. The minimum atomic E-state index is 0.0379. The number of rotatable bonds is 2. The summed E-state index contributed by atoms with van der Waals surface area (Å²) < 4.78 is 7.69. The minimum absolute atomic E-state index is 0.0379. The van der Waals surface area contributed by atoms with E-state index in [2.05, 4.69) is 4.40 Å². The number of aromatic nitrogens is 2. The summed E-state index contributed by atoms with van der Waals surface area (Å²) in [5, 5.41) is 0. The molecule has 5 heteroatoms. The van der Waals surface area contributed by atoms with Crippen LogP contribution < -0.4 is 0 Å². The molecule has 0 N–H and O–H groups in total. The van der Waals surface area contributed by atoms with Crippen molar-refractivity contribution < 1.29 is 9.53 Å². The summed E-state index contributed by atoms with van der Waals surface area (Å²) in [6, 6.07) is 6.02. The average Bonchev–Trinajstić information content (AvgIpc) is 3.01. The second kappa shape index (κ2) is 6.55. The maximum Gasteiger partial charge on any atom is 0.274 e. The van der Waals surface area contributed by atoms with Gasteiger partial charge < -0.3 is 14.0 Å². The molecule has 1 saturated heterocycles. The van der Waals surface area contributed by atoms with Gasteiger partial charge in [-0.05, 0) is 31.9 Å². The topological polar surface area (TPSA) is 46.8 Å². The second-order valence-electron chi connectivity index (χ2n) is 7.04. The fraction of sp³-hybridized carbons (Fsp3) is 0.579. The normalized spacial score (nSPS) is 22.9. The molecule has 0 radical (unpaired) electrons. The molecule has 24 heavy (non-hydrogen) atoms. The molecule has 4 rings (SSSR count). The van der Waals surface area contributed by atoms with Crippen LogP contribution in [0.5, 0.6) is 0 Å². The number of ether oxygens (including phenoxy) is 1. The summed E-state index contributed by atoms with van der Waals surface area (Å²) in [5.74, 6) is 1.57. The Hall–Kier alpha value is -1.88. The lowest BCUT2D eigenvalue weighted by Crippen LogP contribution is -2.44. The number of carbonyl (C=O) groups excluding carboxylic acids is 1. The molecular formula is C19H25N3O2. The summed E-state index contributed by atoms with van der Waals surface area (Å²) in [7, 11) is 0. The minimum Gasteiger partial charge on any atom is -0.375 e. The van der Waals surface area contributed by atoms with Crippen molar-refractivity contribution in [1.82, 2.24) is 14.3 Å². The maximum atomic E-state index is 13.0. The van der Waals surface area contributed by atoms with Crippen LogP contribution in [0.1, 0.15) is 61.3 Å². The molecule has 1 unspecified atom stereocenters. The van der Waals surface area contributed by atoms with Gasteiger partial charge in [0.1, 0.15) is 5.82 Å². The van der Waals surface area contributed by atoms with Crippen LogP contribution in [0.3, 0.4) is 0 Å². The molecule has 1 atom stereocenters. The lowest BCUT2D eigenvalue weighted by molar-refractivity contribution is -0.0125. The van der Waals surface area contributed by atoms with Crippen molar-refractivity contribution in [3.8, 4) is 0 Å². The first kappa shape index (κ1) is 15.6. The van der Waals surface area contributed by atoms with Gasteiger partial charge in [0.15, 0.2) is 5.69 Å². The number of nitrogens with zero attached hydrogens (tertiary/aromatic N) is 3. The van der Waals surface area contributed by atoms with E-state index >= 15 is 0 Å². The first-order chi connectivity index (χ1) is 11.7. The molecule has 1 saturated carbocycles. The molecular weight excluding hydrogens is 302 g/mol. The monoisotopic (exact) mass is 327 g/mol. The Balaban J connectivity index is 1.71. The molecule has 128 valence electrons. The first-order valence-electron chi connectivity index (χ1n) is 9.12. The predicted molar refractivity (Wildman–Crippen MR) is 92.3 cm³/mol. The average molecular weight is 327 g/mol.